The lowest BCUT2D eigenvalue weighted by Gasteiger charge is -2.48. The van der Waals surface area contributed by atoms with Crippen molar-refractivity contribution in [3.05, 3.63) is 66.0 Å². The fourth-order valence-corrected chi connectivity index (χ4v) is 4.78. The van der Waals surface area contributed by atoms with E-state index < -0.39 is 0 Å². The molecule has 0 amide bonds. The molecule has 2 aliphatic heterocycles. The summed E-state index contributed by atoms with van der Waals surface area (Å²) in [5, 5.41) is 11.1. The highest BCUT2D eigenvalue weighted by Crippen LogP contribution is 2.39. The lowest BCUT2D eigenvalue weighted by atomic mass is 9.82. The average Bonchev–Trinajstić information content (AvgIpc) is 3.09. The zero-order chi connectivity index (χ0) is 17.8. The van der Waals surface area contributed by atoms with Crippen LogP contribution in [-0.4, -0.2) is 57.7 Å². The summed E-state index contributed by atoms with van der Waals surface area (Å²) >= 11 is 0. The van der Waals surface area contributed by atoms with E-state index in [-0.39, 0.29) is 11.6 Å². The van der Waals surface area contributed by atoms with Crippen LogP contribution in [0, 0.1) is 0 Å². The standard InChI is InChI=1S/C22H29N3O/c26-21-18-24(17-20-8-4-12-23-16-20)15-11-22(21)10-5-13-25(22)14-9-19-6-2-1-3-7-19/h1-4,6-8,12,16,21,26H,5,9-11,13-15,17-18H2/t21-,22-/m0/s1. The van der Waals surface area contributed by atoms with Crippen molar-refractivity contribution in [1.82, 2.24) is 14.8 Å². The Bertz CT molecular complexity index is 693. The Hall–Kier alpha value is -1.75. The van der Waals surface area contributed by atoms with Crippen LogP contribution in [0.2, 0.25) is 0 Å². The van der Waals surface area contributed by atoms with Gasteiger partial charge in [-0.1, -0.05) is 36.4 Å². The van der Waals surface area contributed by atoms with Crippen molar-refractivity contribution >= 4 is 0 Å². The van der Waals surface area contributed by atoms with Gasteiger partial charge in [-0.2, -0.15) is 0 Å². The number of pyridine rings is 1. The van der Waals surface area contributed by atoms with E-state index in [1.807, 2.05) is 18.5 Å². The average molecular weight is 351 g/mol. The van der Waals surface area contributed by atoms with Gasteiger partial charge in [0.05, 0.1) is 6.10 Å². The third-order valence-electron chi connectivity index (χ3n) is 6.22. The number of aliphatic hydroxyl groups is 1. The molecule has 2 aliphatic rings. The summed E-state index contributed by atoms with van der Waals surface area (Å²) in [5.41, 5.74) is 2.60. The second-order valence-corrected chi connectivity index (χ2v) is 7.79. The van der Waals surface area contributed by atoms with Crippen molar-refractivity contribution in [2.24, 2.45) is 0 Å². The monoisotopic (exact) mass is 351 g/mol. The van der Waals surface area contributed by atoms with E-state index >= 15 is 0 Å². The van der Waals surface area contributed by atoms with Crippen molar-refractivity contribution < 1.29 is 5.11 Å². The predicted octanol–water partition coefficient (Wildman–Crippen LogP) is 2.73. The molecule has 4 heteroatoms. The van der Waals surface area contributed by atoms with Crippen LogP contribution in [0.1, 0.15) is 30.4 Å². The second kappa shape index (κ2) is 7.87. The van der Waals surface area contributed by atoms with Crippen molar-refractivity contribution in [3.8, 4) is 0 Å². The van der Waals surface area contributed by atoms with Crippen LogP contribution in [0.15, 0.2) is 54.9 Å². The van der Waals surface area contributed by atoms with E-state index in [0.29, 0.717) is 0 Å². The molecule has 0 radical (unpaired) electrons. The van der Waals surface area contributed by atoms with Gasteiger partial charge in [-0.05, 0) is 49.4 Å². The fourth-order valence-electron chi connectivity index (χ4n) is 4.78. The quantitative estimate of drug-likeness (QED) is 0.899. The summed E-state index contributed by atoms with van der Waals surface area (Å²) in [7, 11) is 0. The van der Waals surface area contributed by atoms with Crippen molar-refractivity contribution in [2.75, 3.05) is 26.2 Å². The molecular formula is C22H29N3O. The molecule has 1 N–H and O–H groups in total. The molecule has 3 heterocycles. The first-order valence-electron chi connectivity index (χ1n) is 9.85. The maximum Gasteiger partial charge on any atom is 0.0851 e. The van der Waals surface area contributed by atoms with Crippen LogP contribution < -0.4 is 0 Å². The summed E-state index contributed by atoms with van der Waals surface area (Å²) < 4.78 is 0. The molecule has 0 bridgehead atoms. The van der Waals surface area contributed by atoms with Gasteiger partial charge in [0.15, 0.2) is 0 Å². The number of hydrogen-bond acceptors (Lipinski definition) is 4. The summed E-state index contributed by atoms with van der Waals surface area (Å²) in [6.45, 7) is 4.85. The Kier molecular flexibility index (Phi) is 5.34. The van der Waals surface area contributed by atoms with Gasteiger partial charge < -0.3 is 5.11 Å². The molecule has 138 valence electrons. The van der Waals surface area contributed by atoms with Crippen LogP contribution in [0.25, 0.3) is 0 Å². The van der Waals surface area contributed by atoms with Crippen LogP contribution in [0.4, 0.5) is 0 Å². The summed E-state index contributed by atoms with van der Waals surface area (Å²) in [5.74, 6) is 0. The Morgan fingerprint density at radius 3 is 2.65 bits per heavy atom. The van der Waals surface area contributed by atoms with Gasteiger partial charge in [-0.15, -0.1) is 0 Å². The SMILES string of the molecule is O[C@H]1CN(Cc2cccnc2)CC[C@@]12CCCN2CCc1ccccc1. The lowest BCUT2D eigenvalue weighted by molar-refractivity contribution is -0.0649. The highest BCUT2D eigenvalue weighted by molar-refractivity contribution is 5.16. The summed E-state index contributed by atoms with van der Waals surface area (Å²) in [4.78, 5) is 9.16. The highest BCUT2D eigenvalue weighted by Gasteiger charge is 2.48. The molecule has 26 heavy (non-hydrogen) atoms. The zero-order valence-corrected chi connectivity index (χ0v) is 15.4. The molecular weight excluding hydrogens is 322 g/mol. The Labute approximate surface area is 156 Å². The fraction of sp³-hybridized carbons (Fsp3) is 0.500. The van der Waals surface area contributed by atoms with Crippen LogP contribution >= 0.6 is 0 Å². The van der Waals surface area contributed by atoms with Gasteiger partial charge in [0.2, 0.25) is 0 Å². The van der Waals surface area contributed by atoms with E-state index in [1.165, 1.54) is 17.5 Å². The molecule has 0 unspecified atom stereocenters. The van der Waals surface area contributed by atoms with E-state index in [9.17, 15) is 5.11 Å². The molecule has 1 aromatic carbocycles. The molecule has 1 spiro atoms. The second-order valence-electron chi connectivity index (χ2n) is 7.79. The van der Waals surface area contributed by atoms with Crippen LogP contribution in [-0.2, 0) is 13.0 Å². The lowest BCUT2D eigenvalue weighted by Crippen LogP contribution is -2.61. The van der Waals surface area contributed by atoms with Crippen LogP contribution in [0.3, 0.4) is 0 Å². The number of nitrogens with zero attached hydrogens (tertiary/aromatic N) is 3. The predicted molar refractivity (Wildman–Crippen MR) is 104 cm³/mol. The smallest absolute Gasteiger partial charge is 0.0851 e. The summed E-state index contributed by atoms with van der Waals surface area (Å²) in [6, 6.07) is 14.8. The number of aliphatic hydroxyl groups excluding tert-OH is 1. The molecule has 4 nitrogen and oxygen atoms in total. The van der Waals surface area contributed by atoms with Gasteiger partial charge in [0.1, 0.15) is 0 Å². The van der Waals surface area contributed by atoms with Gasteiger partial charge >= 0.3 is 0 Å². The van der Waals surface area contributed by atoms with Gasteiger partial charge in [0.25, 0.3) is 0 Å². The highest BCUT2D eigenvalue weighted by atomic mass is 16.3. The van der Waals surface area contributed by atoms with E-state index in [0.717, 1.165) is 52.0 Å². The molecule has 0 saturated carbocycles. The van der Waals surface area contributed by atoms with Crippen molar-refractivity contribution in [1.29, 1.82) is 0 Å². The number of rotatable bonds is 5. The number of likely N-dealkylation sites (tertiary alicyclic amines) is 2. The number of β-amino-alcohol motifs (C(OH)–C–C–N with tert-alkyl or cyclic N) is 1. The third kappa shape index (κ3) is 3.68. The van der Waals surface area contributed by atoms with E-state index in [2.05, 4.69) is 51.2 Å². The Balaban J connectivity index is 1.38. The summed E-state index contributed by atoms with van der Waals surface area (Å²) in [6.07, 6.45) is 7.92. The van der Waals surface area contributed by atoms with Crippen LogP contribution in [0.5, 0.6) is 0 Å². The van der Waals surface area contributed by atoms with Crippen molar-refractivity contribution in [2.45, 2.75) is 43.9 Å². The van der Waals surface area contributed by atoms with E-state index in [1.54, 1.807) is 0 Å². The normalized spacial score (nSPS) is 27.2. The van der Waals surface area contributed by atoms with Gasteiger partial charge in [-0.3, -0.25) is 14.8 Å². The zero-order valence-electron chi connectivity index (χ0n) is 15.4. The first-order valence-corrected chi connectivity index (χ1v) is 9.85. The topological polar surface area (TPSA) is 39.6 Å². The molecule has 2 aromatic rings. The molecule has 1 aromatic heterocycles. The van der Waals surface area contributed by atoms with Gasteiger partial charge in [-0.25, -0.2) is 0 Å². The van der Waals surface area contributed by atoms with Gasteiger partial charge in [0, 0.05) is 44.1 Å². The molecule has 4 rings (SSSR count). The minimum atomic E-state index is -0.272. The number of hydrogen-bond donors (Lipinski definition) is 1. The number of aromatic nitrogens is 1. The number of benzene rings is 1. The third-order valence-corrected chi connectivity index (χ3v) is 6.22. The minimum Gasteiger partial charge on any atom is -0.390 e. The maximum atomic E-state index is 11.1. The molecule has 0 aliphatic carbocycles. The van der Waals surface area contributed by atoms with Crippen molar-refractivity contribution in [3.63, 3.8) is 0 Å². The maximum absolute atomic E-state index is 11.1. The first kappa shape index (κ1) is 17.7. The number of piperidine rings is 1. The minimum absolute atomic E-state index is 0.0137. The van der Waals surface area contributed by atoms with E-state index in [4.69, 9.17) is 0 Å². The molecule has 2 fully saturated rings. The Morgan fingerprint density at radius 1 is 1.04 bits per heavy atom. The Morgan fingerprint density at radius 2 is 1.88 bits per heavy atom. The largest absolute Gasteiger partial charge is 0.390 e. The molecule has 2 saturated heterocycles. The molecule has 2 atom stereocenters. The first-order chi connectivity index (χ1) is 12.8.